The number of benzene rings is 1. The molecule has 0 bridgehead atoms. The first-order valence-corrected chi connectivity index (χ1v) is 7.53. The summed E-state index contributed by atoms with van der Waals surface area (Å²) >= 11 is 0. The van der Waals surface area contributed by atoms with E-state index in [4.69, 9.17) is 5.73 Å². The minimum Gasteiger partial charge on any atom is -0.398 e. The molecule has 0 unspecified atom stereocenters. The third-order valence-electron chi connectivity index (χ3n) is 3.15. The first kappa shape index (κ1) is 14.3. The molecule has 5 nitrogen and oxygen atoms in total. The normalized spacial score (nSPS) is 11.3. The number of aromatic nitrogens is 1. The first-order chi connectivity index (χ1) is 9.34. The van der Waals surface area contributed by atoms with Crippen LogP contribution in [-0.2, 0) is 10.0 Å². The molecule has 1 aromatic heterocycles. The lowest BCUT2D eigenvalue weighted by molar-refractivity contribution is 0.594. The Morgan fingerprint density at radius 1 is 1.20 bits per heavy atom. The van der Waals surface area contributed by atoms with Crippen molar-refractivity contribution in [2.45, 2.75) is 18.7 Å². The Labute approximate surface area is 119 Å². The van der Waals surface area contributed by atoms with E-state index in [1.807, 2.05) is 26.0 Å². The van der Waals surface area contributed by atoms with Crippen LogP contribution in [0.4, 0.5) is 11.4 Å². The van der Waals surface area contributed by atoms with Crippen LogP contribution in [-0.4, -0.2) is 20.4 Å². The summed E-state index contributed by atoms with van der Waals surface area (Å²) in [6.07, 6.45) is 2.73. The Bertz CT molecular complexity index is 742. The largest absolute Gasteiger partial charge is 0.398 e. The van der Waals surface area contributed by atoms with Gasteiger partial charge in [0.15, 0.2) is 0 Å². The van der Waals surface area contributed by atoms with Crippen molar-refractivity contribution >= 4 is 21.4 Å². The molecule has 0 fully saturated rings. The van der Waals surface area contributed by atoms with Crippen molar-refractivity contribution in [1.29, 1.82) is 0 Å². The second kappa shape index (κ2) is 5.13. The van der Waals surface area contributed by atoms with E-state index in [-0.39, 0.29) is 10.6 Å². The van der Waals surface area contributed by atoms with Crippen LogP contribution in [0.5, 0.6) is 0 Å². The Balaban J connectivity index is 2.52. The number of hydrogen-bond acceptors (Lipinski definition) is 4. The van der Waals surface area contributed by atoms with Gasteiger partial charge in [0.05, 0.1) is 11.4 Å². The summed E-state index contributed by atoms with van der Waals surface area (Å²) in [5.74, 6) is 0. The van der Waals surface area contributed by atoms with Crippen LogP contribution < -0.4 is 10.0 Å². The predicted octanol–water partition coefficient (Wildman–Crippen LogP) is 2.11. The standard InChI is InChI=1S/C14H17N3O2S/c1-10-4-5-13(11(2)8-10)17(3)20(18,19)14-9-16-7-6-12(14)15/h4-9H,1-3H3,(H2,15,16). The smallest absolute Gasteiger partial charge is 0.267 e. The number of hydrogen-bond donors (Lipinski definition) is 1. The van der Waals surface area contributed by atoms with Gasteiger partial charge in [0.1, 0.15) is 4.90 Å². The van der Waals surface area contributed by atoms with Crippen LogP contribution >= 0.6 is 0 Å². The summed E-state index contributed by atoms with van der Waals surface area (Å²) in [4.78, 5) is 3.85. The van der Waals surface area contributed by atoms with Crippen molar-refractivity contribution in [3.05, 3.63) is 47.8 Å². The maximum atomic E-state index is 12.6. The lowest BCUT2D eigenvalue weighted by Gasteiger charge is -2.22. The number of nitrogens with zero attached hydrogens (tertiary/aromatic N) is 2. The fourth-order valence-electron chi connectivity index (χ4n) is 2.04. The number of sulfonamides is 1. The molecule has 0 spiro atoms. The molecule has 1 aromatic carbocycles. The zero-order chi connectivity index (χ0) is 14.9. The average molecular weight is 291 g/mol. The van der Waals surface area contributed by atoms with Gasteiger partial charge in [-0.3, -0.25) is 9.29 Å². The van der Waals surface area contributed by atoms with Crippen LogP contribution in [0.1, 0.15) is 11.1 Å². The molecule has 0 aliphatic heterocycles. The molecule has 0 aliphatic rings. The second-order valence-corrected chi connectivity index (χ2v) is 6.61. The molecule has 0 saturated carbocycles. The summed E-state index contributed by atoms with van der Waals surface area (Å²) in [7, 11) is -2.20. The van der Waals surface area contributed by atoms with Crippen LogP contribution in [0.25, 0.3) is 0 Å². The number of anilines is 2. The van der Waals surface area contributed by atoms with Gasteiger partial charge in [-0.2, -0.15) is 0 Å². The summed E-state index contributed by atoms with van der Waals surface area (Å²) in [5.41, 5.74) is 8.52. The van der Waals surface area contributed by atoms with Crippen molar-refractivity contribution in [2.24, 2.45) is 0 Å². The third-order valence-corrected chi connectivity index (χ3v) is 4.96. The highest BCUT2D eigenvalue weighted by atomic mass is 32.2. The minimum absolute atomic E-state index is 0.0162. The number of nitrogens with two attached hydrogens (primary N) is 1. The van der Waals surface area contributed by atoms with Crippen LogP contribution in [0, 0.1) is 13.8 Å². The fraction of sp³-hybridized carbons (Fsp3) is 0.214. The quantitative estimate of drug-likeness (QED) is 0.939. The van der Waals surface area contributed by atoms with Crippen molar-refractivity contribution in [3.8, 4) is 0 Å². The summed E-state index contributed by atoms with van der Waals surface area (Å²) in [6, 6.07) is 7.08. The van der Waals surface area contributed by atoms with Crippen LogP contribution in [0.15, 0.2) is 41.6 Å². The minimum atomic E-state index is -3.71. The molecule has 6 heteroatoms. The third kappa shape index (κ3) is 2.46. The molecule has 2 N–H and O–H groups in total. The van der Waals surface area contributed by atoms with Crippen molar-refractivity contribution < 1.29 is 8.42 Å². The van der Waals surface area contributed by atoms with Gasteiger partial charge in [0, 0.05) is 19.4 Å². The highest BCUT2D eigenvalue weighted by molar-refractivity contribution is 7.93. The maximum absolute atomic E-state index is 12.6. The predicted molar refractivity (Wildman–Crippen MR) is 80.2 cm³/mol. The molecule has 20 heavy (non-hydrogen) atoms. The van der Waals surface area contributed by atoms with E-state index >= 15 is 0 Å². The van der Waals surface area contributed by atoms with Gasteiger partial charge in [-0.15, -0.1) is 0 Å². The van der Waals surface area contributed by atoms with Gasteiger partial charge in [0.2, 0.25) is 0 Å². The van der Waals surface area contributed by atoms with Gasteiger partial charge in [-0.1, -0.05) is 17.7 Å². The number of rotatable bonds is 3. The van der Waals surface area contributed by atoms with Gasteiger partial charge < -0.3 is 5.73 Å². The average Bonchev–Trinajstić information content (AvgIpc) is 2.38. The summed E-state index contributed by atoms with van der Waals surface area (Å²) < 4.78 is 26.4. The molecule has 0 saturated heterocycles. The molecule has 0 atom stereocenters. The van der Waals surface area contributed by atoms with Crippen molar-refractivity contribution in [3.63, 3.8) is 0 Å². The lowest BCUT2D eigenvalue weighted by Crippen LogP contribution is -2.28. The Kier molecular flexibility index (Phi) is 3.67. The van der Waals surface area contributed by atoms with E-state index in [9.17, 15) is 8.42 Å². The zero-order valence-electron chi connectivity index (χ0n) is 11.7. The molecule has 2 rings (SSSR count). The van der Waals surface area contributed by atoms with E-state index in [0.29, 0.717) is 5.69 Å². The molecule has 0 radical (unpaired) electrons. The van der Waals surface area contributed by atoms with Gasteiger partial charge in [-0.25, -0.2) is 8.42 Å². The van der Waals surface area contributed by atoms with Gasteiger partial charge in [0.25, 0.3) is 10.0 Å². The van der Waals surface area contributed by atoms with Crippen LogP contribution in [0.2, 0.25) is 0 Å². The number of nitrogen functional groups attached to an aromatic ring is 1. The highest BCUT2D eigenvalue weighted by Crippen LogP contribution is 2.27. The molecule has 2 aromatic rings. The summed E-state index contributed by atoms with van der Waals surface area (Å²) in [5, 5.41) is 0. The molecule has 106 valence electrons. The van der Waals surface area contributed by atoms with Crippen LogP contribution in [0.3, 0.4) is 0 Å². The first-order valence-electron chi connectivity index (χ1n) is 6.09. The van der Waals surface area contributed by atoms with Gasteiger partial charge >= 0.3 is 0 Å². The maximum Gasteiger partial charge on any atom is 0.267 e. The second-order valence-electron chi connectivity index (χ2n) is 4.68. The van der Waals surface area contributed by atoms with Crippen molar-refractivity contribution in [2.75, 3.05) is 17.1 Å². The lowest BCUT2D eigenvalue weighted by atomic mass is 10.1. The molecular formula is C14H17N3O2S. The molecule has 1 heterocycles. The Morgan fingerprint density at radius 2 is 1.90 bits per heavy atom. The Hall–Kier alpha value is -2.08. The van der Waals surface area contributed by atoms with Gasteiger partial charge in [-0.05, 0) is 31.5 Å². The number of aryl methyl sites for hydroxylation is 2. The van der Waals surface area contributed by atoms with E-state index < -0.39 is 10.0 Å². The Morgan fingerprint density at radius 3 is 2.50 bits per heavy atom. The van der Waals surface area contributed by atoms with E-state index in [1.165, 1.54) is 29.8 Å². The summed E-state index contributed by atoms with van der Waals surface area (Å²) in [6.45, 7) is 3.84. The fourth-order valence-corrected chi connectivity index (χ4v) is 3.36. The van der Waals surface area contributed by atoms with E-state index in [1.54, 1.807) is 6.07 Å². The van der Waals surface area contributed by atoms with Crippen molar-refractivity contribution in [1.82, 2.24) is 4.98 Å². The molecular weight excluding hydrogens is 274 g/mol. The highest BCUT2D eigenvalue weighted by Gasteiger charge is 2.24. The zero-order valence-corrected chi connectivity index (χ0v) is 12.5. The van der Waals surface area contributed by atoms with E-state index in [0.717, 1.165) is 11.1 Å². The topological polar surface area (TPSA) is 76.3 Å². The monoisotopic (exact) mass is 291 g/mol. The van der Waals surface area contributed by atoms with E-state index in [2.05, 4.69) is 4.98 Å². The molecule has 0 aliphatic carbocycles. The SMILES string of the molecule is Cc1ccc(N(C)S(=O)(=O)c2cnccc2N)c(C)c1. The molecule has 0 amide bonds. The number of pyridine rings is 1.